The summed E-state index contributed by atoms with van der Waals surface area (Å²) >= 11 is 0. The molecule has 5 atom stereocenters. The van der Waals surface area contributed by atoms with Crippen LogP contribution in [-0.2, 0) is 65.4 Å². The van der Waals surface area contributed by atoms with Gasteiger partial charge in [0.25, 0.3) is 0 Å². The number of phosphoric acid groups is 2. The van der Waals surface area contributed by atoms with Gasteiger partial charge in [0, 0.05) is 25.7 Å². The van der Waals surface area contributed by atoms with Crippen molar-refractivity contribution < 1.29 is 80.2 Å². The summed E-state index contributed by atoms with van der Waals surface area (Å²) in [5.41, 5.74) is 0. The molecule has 0 amide bonds. The first-order valence-corrected chi connectivity index (χ1v) is 38.6. The Bertz CT molecular complexity index is 1690. The average molecular weight is 1280 g/mol. The van der Waals surface area contributed by atoms with E-state index in [0.29, 0.717) is 25.7 Å². The van der Waals surface area contributed by atoms with Crippen LogP contribution in [0.1, 0.15) is 349 Å². The molecule has 3 N–H and O–H groups in total. The molecule has 0 aromatic rings. The molecular weight excluding hydrogens is 1150 g/mol. The van der Waals surface area contributed by atoms with Crippen molar-refractivity contribution in [2.45, 2.75) is 368 Å². The zero-order chi connectivity index (χ0) is 64.2. The normalized spacial score (nSPS) is 14.1. The fourth-order valence-corrected chi connectivity index (χ4v) is 11.9. The largest absolute Gasteiger partial charge is 0.472 e. The smallest absolute Gasteiger partial charge is 0.462 e. The Morgan fingerprint density at radius 2 is 0.529 bits per heavy atom. The van der Waals surface area contributed by atoms with Gasteiger partial charge < -0.3 is 33.8 Å². The Balaban J connectivity index is 5.21. The van der Waals surface area contributed by atoms with E-state index in [1.54, 1.807) is 0 Å². The van der Waals surface area contributed by atoms with Gasteiger partial charge in [0.2, 0.25) is 0 Å². The third-order valence-electron chi connectivity index (χ3n) is 15.8. The quantitative estimate of drug-likeness (QED) is 0.0222. The topological polar surface area (TPSA) is 237 Å². The van der Waals surface area contributed by atoms with Crippen LogP contribution in [0.25, 0.3) is 0 Å². The minimum absolute atomic E-state index is 0.106. The third kappa shape index (κ3) is 62.6. The summed E-state index contributed by atoms with van der Waals surface area (Å²) in [5, 5.41) is 10.6. The van der Waals surface area contributed by atoms with E-state index in [0.717, 1.165) is 102 Å². The van der Waals surface area contributed by atoms with Crippen LogP contribution in [0.3, 0.4) is 0 Å². The number of rotatable bonds is 68. The van der Waals surface area contributed by atoms with Crippen molar-refractivity contribution in [3.63, 3.8) is 0 Å². The van der Waals surface area contributed by atoms with Crippen molar-refractivity contribution >= 4 is 39.5 Å². The fraction of sp³-hybridized carbons (Fsp3) is 0.941. The van der Waals surface area contributed by atoms with Crippen molar-refractivity contribution in [3.8, 4) is 0 Å². The van der Waals surface area contributed by atoms with E-state index >= 15 is 0 Å². The molecule has 0 saturated carbocycles. The molecule has 2 unspecified atom stereocenters. The maximum absolute atomic E-state index is 13.0. The van der Waals surface area contributed by atoms with Crippen LogP contribution in [-0.4, -0.2) is 96.7 Å². The van der Waals surface area contributed by atoms with Gasteiger partial charge in [0.05, 0.1) is 26.4 Å². The van der Waals surface area contributed by atoms with Crippen LogP contribution in [0.2, 0.25) is 0 Å². The van der Waals surface area contributed by atoms with Gasteiger partial charge in [0.1, 0.15) is 19.3 Å². The Hall–Kier alpha value is -1.94. The van der Waals surface area contributed by atoms with Gasteiger partial charge in [-0.2, -0.15) is 0 Å². The third-order valence-corrected chi connectivity index (χ3v) is 17.7. The standard InChI is InChI=1S/C68H132O17P2/c1-6-9-12-15-18-21-23-25-29-33-37-42-47-52-66(71)79-58-64(85-68(73)54-49-44-39-34-30-27-24-26-28-31-35-40-45-50-61(4)5)60-83-87(76,77)81-56-62(69)55-80-86(74,75)82-59-63(57-78-65(70)51-46-41-36-20-17-14-11-8-3)84-67(72)53-48-43-38-32-22-19-16-13-10-7-2/h61-64,69H,6-60H2,1-5H3,(H,74,75)(H,76,77)/t62-,63+,64+/m0/s1. The average Bonchev–Trinajstić information content (AvgIpc) is 3.71. The van der Waals surface area contributed by atoms with Crippen LogP contribution >= 0.6 is 15.6 Å². The van der Waals surface area contributed by atoms with Gasteiger partial charge >= 0.3 is 39.5 Å². The highest BCUT2D eigenvalue weighted by Gasteiger charge is 2.30. The lowest BCUT2D eigenvalue weighted by molar-refractivity contribution is -0.161. The molecule has 0 radical (unpaired) electrons. The highest BCUT2D eigenvalue weighted by Crippen LogP contribution is 2.45. The van der Waals surface area contributed by atoms with Crippen molar-refractivity contribution in [3.05, 3.63) is 0 Å². The van der Waals surface area contributed by atoms with E-state index in [1.165, 1.54) is 167 Å². The van der Waals surface area contributed by atoms with E-state index in [4.69, 9.17) is 37.0 Å². The maximum Gasteiger partial charge on any atom is 0.472 e. The molecule has 0 bridgehead atoms. The van der Waals surface area contributed by atoms with Crippen molar-refractivity contribution in [2.24, 2.45) is 5.92 Å². The van der Waals surface area contributed by atoms with Gasteiger partial charge in [-0.1, -0.05) is 298 Å². The summed E-state index contributed by atoms with van der Waals surface area (Å²) in [7, 11) is -9.89. The Labute approximate surface area is 530 Å². The lowest BCUT2D eigenvalue weighted by atomic mass is 10.0. The Kier molecular flexibility index (Phi) is 60.2. The number of aliphatic hydroxyl groups is 1. The van der Waals surface area contributed by atoms with E-state index in [-0.39, 0.29) is 25.7 Å². The van der Waals surface area contributed by atoms with Crippen LogP contribution < -0.4 is 0 Å². The van der Waals surface area contributed by atoms with E-state index in [9.17, 15) is 43.2 Å². The predicted molar refractivity (Wildman–Crippen MR) is 349 cm³/mol. The number of hydrogen-bond donors (Lipinski definition) is 3. The first kappa shape index (κ1) is 85.1. The number of esters is 4. The monoisotopic (exact) mass is 1280 g/mol. The van der Waals surface area contributed by atoms with Crippen LogP contribution in [0, 0.1) is 5.92 Å². The zero-order valence-electron chi connectivity index (χ0n) is 56.2. The second-order valence-electron chi connectivity index (χ2n) is 25.0. The molecule has 0 spiro atoms. The van der Waals surface area contributed by atoms with Crippen LogP contribution in [0.15, 0.2) is 0 Å². The molecule has 17 nitrogen and oxygen atoms in total. The van der Waals surface area contributed by atoms with Gasteiger partial charge in [0.15, 0.2) is 12.2 Å². The van der Waals surface area contributed by atoms with Crippen LogP contribution in [0.5, 0.6) is 0 Å². The Morgan fingerprint density at radius 1 is 0.310 bits per heavy atom. The summed E-state index contributed by atoms with van der Waals surface area (Å²) in [6.07, 6.45) is 47.1. The molecule has 0 aromatic carbocycles. The molecule has 0 rings (SSSR count). The number of carbonyl (C=O) groups is 4. The van der Waals surface area contributed by atoms with Gasteiger partial charge in [-0.15, -0.1) is 0 Å². The first-order chi connectivity index (χ1) is 42.0. The van der Waals surface area contributed by atoms with E-state index in [2.05, 4.69) is 34.6 Å². The number of carbonyl (C=O) groups excluding carboxylic acids is 4. The SMILES string of the molecule is CCCCCCCCCCCCCCCC(=O)OC[C@H](COP(=O)(O)OC[C@@H](O)COP(=O)(O)OC[C@@H](COC(=O)CCCCCCCCCC)OC(=O)CCCCCCCCCCCC)OC(=O)CCCCCCCCCCCCCCCC(C)C. The molecule has 87 heavy (non-hydrogen) atoms. The first-order valence-electron chi connectivity index (χ1n) is 35.6. The molecule has 0 aliphatic carbocycles. The highest BCUT2D eigenvalue weighted by atomic mass is 31.2. The zero-order valence-corrected chi connectivity index (χ0v) is 57.9. The number of phosphoric ester groups is 2. The summed E-state index contributed by atoms with van der Waals surface area (Å²) in [6, 6.07) is 0. The molecule has 0 aliphatic rings. The molecule has 0 heterocycles. The molecule has 0 aromatic heterocycles. The second-order valence-corrected chi connectivity index (χ2v) is 27.9. The van der Waals surface area contributed by atoms with Crippen molar-refractivity contribution in [1.82, 2.24) is 0 Å². The number of aliphatic hydroxyl groups excluding tert-OH is 1. The molecule has 0 fully saturated rings. The molecule has 516 valence electrons. The number of unbranched alkanes of at least 4 members (excludes halogenated alkanes) is 40. The van der Waals surface area contributed by atoms with E-state index < -0.39 is 97.5 Å². The lowest BCUT2D eigenvalue weighted by Gasteiger charge is -2.21. The minimum Gasteiger partial charge on any atom is -0.462 e. The Morgan fingerprint density at radius 3 is 0.782 bits per heavy atom. The lowest BCUT2D eigenvalue weighted by Crippen LogP contribution is -2.30. The van der Waals surface area contributed by atoms with Gasteiger partial charge in [-0.05, 0) is 31.6 Å². The molecule has 0 aliphatic heterocycles. The summed E-state index contributed by atoms with van der Waals surface area (Å²) in [4.78, 5) is 72.3. The van der Waals surface area contributed by atoms with Gasteiger partial charge in [-0.25, -0.2) is 9.13 Å². The van der Waals surface area contributed by atoms with Crippen LogP contribution in [0.4, 0.5) is 0 Å². The predicted octanol–water partition coefficient (Wildman–Crippen LogP) is 19.4. The molecule has 0 saturated heterocycles. The van der Waals surface area contributed by atoms with Crippen molar-refractivity contribution in [1.29, 1.82) is 0 Å². The number of hydrogen-bond acceptors (Lipinski definition) is 15. The van der Waals surface area contributed by atoms with Gasteiger partial charge in [-0.3, -0.25) is 37.3 Å². The number of ether oxygens (including phenoxy) is 4. The molecular formula is C68H132O17P2. The van der Waals surface area contributed by atoms with Crippen molar-refractivity contribution in [2.75, 3.05) is 39.6 Å². The fourth-order valence-electron chi connectivity index (χ4n) is 10.3. The highest BCUT2D eigenvalue weighted by molar-refractivity contribution is 7.47. The summed E-state index contributed by atoms with van der Waals surface area (Å²) < 4.78 is 68.1. The molecule has 19 heteroatoms. The second kappa shape index (κ2) is 61.6. The maximum atomic E-state index is 13.0. The van der Waals surface area contributed by atoms with E-state index in [1.807, 2.05) is 0 Å². The minimum atomic E-state index is -4.95. The summed E-state index contributed by atoms with van der Waals surface area (Å²) in [6.45, 7) is 7.22. The summed E-state index contributed by atoms with van der Waals surface area (Å²) in [5.74, 6) is -1.34.